The molecule has 0 aliphatic carbocycles. The summed E-state index contributed by atoms with van der Waals surface area (Å²) >= 11 is 0. The molecule has 2 aromatic rings. The maximum absolute atomic E-state index is 13.1. The summed E-state index contributed by atoms with van der Waals surface area (Å²) in [6, 6.07) is 8.38. The van der Waals surface area contributed by atoms with Gasteiger partial charge in [0.1, 0.15) is 11.6 Å². The Labute approximate surface area is 136 Å². The van der Waals surface area contributed by atoms with Crippen LogP contribution < -0.4 is 10.1 Å². The van der Waals surface area contributed by atoms with Crippen molar-refractivity contribution in [1.82, 2.24) is 5.32 Å². The number of aryl methyl sites for hydroxylation is 1. The Hall–Kier alpha value is -2.57. The molecule has 1 unspecified atom stereocenters. The highest BCUT2D eigenvalue weighted by Crippen LogP contribution is 2.32. The van der Waals surface area contributed by atoms with Gasteiger partial charge in [0.05, 0.1) is 0 Å². The first kappa shape index (κ1) is 17.8. The topological polar surface area (TPSA) is 38.3 Å². The lowest BCUT2D eigenvalue weighted by atomic mass is 10.1. The highest BCUT2D eigenvalue weighted by atomic mass is 19.4. The van der Waals surface area contributed by atoms with Crippen molar-refractivity contribution in [3.8, 4) is 5.75 Å². The van der Waals surface area contributed by atoms with Crippen LogP contribution in [-0.4, -0.2) is 18.7 Å². The van der Waals surface area contributed by atoms with Crippen LogP contribution in [0.5, 0.6) is 5.75 Å². The van der Waals surface area contributed by atoms with Crippen LogP contribution in [0.2, 0.25) is 0 Å². The van der Waals surface area contributed by atoms with Gasteiger partial charge < -0.3 is 10.1 Å². The van der Waals surface area contributed by atoms with Crippen LogP contribution in [0.4, 0.5) is 17.6 Å². The van der Waals surface area contributed by atoms with Gasteiger partial charge in [-0.1, -0.05) is 30.3 Å². The zero-order chi connectivity index (χ0) is 17.7. The Morgan fingerprint density at radius 2 is 1.75 bits per heavy atom. The molecule has 1 N–H and O–H groups in total. The summed E-state index contributed by atoms with van der Waals surface area (Å²) in [5.74, 6) is -1.17. The van der Waals surface area contributed by atoms with Gasteiger partial charge in [-0.15, -0.1) is 0 Å². The molecule has 0 heterocycles. The van der Waals surface area contributed by atoms with E-state index in [4.69, 9.17) is 4.74 Å². The van der Waals surface area contributed by atoms with Gasteiger partial charge in [-0.05, 0) is 36.2 Å². The minimum Gasteiger partial charge on any atom is -0.484 e. The number of rotatable bonds is 5. The molecule has 0 aliphatic heterocycles. The molecule has 0 bridgehead atoms. The summed E-state index contributed by atoms with van der Waals surface area (Å²) in [7, 11) is 0. The van der Waals surface area contributed by atoms with E-state index in [1.165, 1.54) is 0 Å². The Morgan fingerprint density at radius 1 is 1.12 bits per heavy atom. The van der Waals surface area contributed by atoms with E-state index in [0.29, 0.717) is 5.75 Å². The minimum atomic E-state index is -4.71. The SMILES string of the molecule is Cc1ccccc1OCC(=O)NC(c1ccc(F)cc1)C(F)(F)F. The van der Waals surface area contributed by atoms with Crippen molar-refractivity contribution >= 4 is 5.91 Å². The Bertz CT molecular complexity index is 698. The third-order valence-corrected chi connectivity index (χ3v) is 3.29. The predicted octanol–water partition coefficient (Wildman–Crippen LogP) is 3.93. The second-order valence-electron chi connectivity index (χ2n) is 5.15. The Morgan fingerprint density at radius 3 is 2.33 bits per heavy atom. The fourth-order valence-electron chi connectivity index (χ4n) is 2.07. The van der Waals surface area contributed by atoms with Crippen molar-refractivity contribution in [3.63, 3.8) is 0 Å². The number of hydrogen-bond donors (Lipinski definition) is 1. The average molecular weight is 341 g/mol. The van der Waals surface area contributed by atoms with E-state index in [-0.39, 0.29) is 5.56 Å². The van der Waals surface area contributed by atoms with Gasteiger partial charge >= 0.3 is 6.18 Å². The van der Waals surface area contributed by atoms with Crippen LogP contribution in [0.3, 0.4) is 0 Å². The molecule has 1 amide bonds. The number of para-hydroxylation sites is 1. The number of nitrogens with one attached hydrogen (secondary N) is 1. The van der Waals surface area contributed by atoms with Crippen LogP contribution in [0, 0.1) is 12.7 Å². The van der Waals surface area contributed by atoms with Crippen molar-refractivity contribution in [2.45, 2.75) is 19.1 Å². The molecule has 0 spiro atoms. The summed E-state index contributed by atoms with van der Waals surface area (Å²) in [6.07, 6.45) is -4.71. The largest absolute Gasteiger partial charge is 0.484 e. The Kier molecular flexibility index (Phi) is 5.43. The van der Waals surface area contributed by atoms with Gasteiger partial charge in [-0.2, -0.15) is 13.2 Å². The van der Waals surface area contributed by atoms with E-state index < -0.39 is 30.5 Å². The standard InChI is InChI=1S/C17H15F4NO2/c1-11-4-2-3-5-14(11)24-10-15(23)22-16(17(19,20)21)12-6-8-13(18)9-7-12/h2-9,16H,10H2,1H3,(H,22,23). The van der Waals surface area contributed by atoms with Crippen molar-refractivity contribution < 1.29 is 27.1 Å². The first-order valence-corrected chi connectivity index (χ1v) is 7.07. The maximum atomic E-state index is 13.1. The number of alkyl halides is 3. The molecule has 2 aromatic carbocycles. The normalized spacial score (nSPS) is 12.5. The molecule has 1 atom stereocenters. The van der Waals surface area contributed by atoms with Crippen molar-refractivity contribution in [2.75, 3.05) is 6.61 Å². The lowest BCUT2D eigenvalue weighted by Crippen LogP contribution is -2.40. The number of amides is 1. The first-order chi connectivity index (χ1) is 11.3. The highest BCUT2D eigenvalue weighted by molar-refractivity contribution is 5.78. The van der Waals surface area contributed by atoms with Gasteiger partial charge in [-0.3, -0.25) is 4.79 Å². The molecule has 24 heavy (non-hydrogen) atoms. The van der Waals surface area contributed by atoms with Crippen LogP contribution in [-0.2, 0) is 4.79 Å². The van der Waals surface area contributed by atoms with Crippen LogP contribution >= 0.6 is 0 Å². The van der Waals surface area contributed by atoms with E-state index >= 15 is 0 Å². The summed E-state index contributed by atoms with van der Waals surface area (Å²) < 4.78 is 57.5. The third kappa shape index (κ3) is 4.71. The summed E-state index contributed by atoms with van der Waals surface area (Å²) in [4.78, 5) is 11.8. The van der Waals surface area contributed by atoms with Crippen LogP contribution in [0.1, 0.15) is 17.2 Å². The second-order valence-corrected chi connectivity index (χ2v) is 5.15. The highest BCUT2D eigenvalue weighted by Gasteiger charge is 2.41. The fraction of sp³-hybridized carbons (Fsp3) is 0.235. The van der Waals surface area contributed by atoms with Crippen molar-refractivity contribution in [2.24, 2.45) is 0 Å². The quantitative estimate of drug-likeness (QED) is 0.837. The van der Waals surface area contributed by atoms with E-state index in [1.807, 2.05) is 5.32 Å². The number of benzene rings is 2. The Balaban J connectivity index is 2.05. The molecule has 128 valence electrons. The van der Waals surface area contributed by atoms with Gasteiger partial charge in [-0.25, -0.2) is 4.39 Å². The van der Waals surface area contributed by atoms with Gasteiger partial charge in [0.2, 0.25) is 0 Å². The molecule has 0 radical (unpaired) electrons. The molecule has 2 rings (SSSR count). The molecular formula is C17H15F4NO2. The average Bonchev–Trinajstić information content (AvgIpc) is 2.52. The van der Waals surface area contributed by atoms with E-state index in [1.54, 1.807) is 31.2 Å². The third-order valence-electron chi connectivity index (χ3n) is 3.29. The molecule has 7 heteroatoms. The predicted molar refractivity (Wildman–Crippen MR) is 80.0 cm³/mol. The minimum absolute atomic E-state index is 0.256. The molecular weight excluding hydrogens is 326 g/mol. The van der Waals surface area contributed by atoms with Crippen molar-refractivity contribution in [3.05, 3.63) is 65.5 Å². The van der Waals surface area contributed by atoms with Gasteiger partial charge in [0.15, 0.2) is 12.6 Å². The van der Waals surface area contributed by atoms with Gasteiger partial charge in [0.25, 0.3) is 5.91 Å². The number of halogens is 4. The molecule has 3 nitrogen and oxygen atoms in total. The zero-order valence-electron chi connectivity index (χ0n) is 12.7. The smallest absolute Gasteiger partial charge is 0.412 e. The number of carbonyl (C=O) groups is 1. The van der Waals surface area contributed by atoms with E-state index in [9.17, 15) is 22.4 Å². The van der Waals surface area contributed by atoms with E-state index in [0.717, 1.165) is 29.8 Å². The summed E-state index contributed by atoms with van der Waals surface area (Å²) in [6.45, 7) is 1.20. The van der Waals surface area contributed by atoms with Crippen LogP contribution in [0.25, 0.3) is 0 Å². The molecule has 0 saturated heterocycles. The van der Waals surface area contributed by atoms with Gasteiger partial charge in [0, 0.05) is 0 Å². The first-order valence-electron chi connectivity index (χ1n) is 7.07. The molecule has 0 aromatic heterocycles. The lowest BCUT2D eigenvalue weighted by molar-refractivity contribution is -0.164. The lowest BCUT2D eigenvalue weighted by Gasteiger charge is -2.22. The van der Waals surface area contributed by atoms with Crippen LogP contribution in [0.15, 0.2) is 48.5 Å². The second kappa shape index (κ2) is 7.33. The number of hydrogen-bond acceptors (Lipinski definition) is 2. The number of carbonyl (C=O) groups excluding carboxylic acids is 1. The number of ether oxygens (including phenoxy) is 1. The van der Waals surface area contributed by atoms with E-state index in [2.05, 4.69) is 0 Å². The van der Waals surface area contributed by atoms with Crippen molar-refractivity contribution in [1.29, 1.82) is 0 Å². The zero-order valence-corrected chi connectivity index (χ0v) is 12.7. The summed E-state index contributed by atoms with van der Waals surface area (Å²) in [5.41, 5.74) is 0.504. The molecule has 0 saturated carbocycles. The molecule has 0 fully saturated rings. The fourth-order valence-corrected chi connectivity index (χ4v) is 2.07. The monoisotopic (exact) mass is 341 g/mol. The maximum Gasteiger partial charge on any atom is 0.412 e. The summed E-state index contributed by atoms with van der Waals surface area (Å²) in [5, 5.41) is 1.87. The molecule has 0 aliphatic rings.